The normalized spacial score (nSPS) is 10.4. The molecule has 4 aromatic rings. The van der Waals surface area contributed by atoms with Crippen LogP contribution < -0.4 is 21.3 Å². The monoisotopic (exact) mass is 438 g/mol. The number of nitrogens with one attached hydrogen (secondary N) is 4. The Hall–Kier alpha value is -4.39. The minimum atomic E-state index is -0.294. The molecule has 0 aliphatic rings. The number of amides is 2. The lowest BCUT2D eigenvalue weighted by Gasteiger charge is -2.11. The SMILES string of the molecule is Cc1ccc(NC(=O)Nc2ccc(Nc3cc(C)nc(Nc4ccc(C)cc4)n3)cc2)cc1. The number of carbonyl (C=O) groups excluding carboxylic acids is 1. The average Bonchev–Trinajstić information content (AvgIpc) is 2.78. The number of aromatic nitrogens is 2. The first kappa shape index (κ1) is 21.8. The van der Waals surface area contributed by atoms with Gasteiger partial charge in [-0.2, -0.15) is 4.98 Å². The molecule has 33 heavy (non-hydrogen) atoms. The zero-order valence-corrected chi connectivity index (χ0v) is 18.8. The van der Waals surface area contributed by atoms with Crippen molar-refractivity contribution in [3.05, 3.63) is 95.7 Å². The van der Waals surface area contributed by atoms with Gasteiger partial charge in [0, 0.05) is 34.5 Å². The largest absolute Gasteiger partial charge is 0.340 e. The summed E-state index contributed by atoms with van der Waals surface area (Å²) in [5.74, 6) is 1.20. The highest BCUT2D eigenvalue weighted by atomic mass is 16.2. The van der Waals surface area contributed by atoms with Crippen LogP contribution in [0.2, 0.25) is 0 Å². The lowest BCUT2D eigenvalue weighted by Crippen LogP contribution is -2.19. The number of aryl methyl sites for hydroxylation is 3. The summed E-state index contributed by atoms with van der Waals surface area (Å²) in [4.78, 5) is 21.2. The van der Waals surface area contributed by atoms with Gasteiger partial charge in [0.1, 0.15) is 5.82 Å². The highest BCUT2D eigenvalue weighted by Gasteiger charge is 2.06. The molecule has 0 aliphatic carbocycles. The fourth-order valence-corrected chi connectivity index (χ4v) is 3.17. The van der Waals surface area contributed by atoms with E-state index < -0.39 is 0 Å². The first-order valence-electron chi connectivity index (χ1n) is 10.6. The van der Waals surface area contributed by atoms with Gasteiger partial charge in [0.15, 0.2) is 0 Å². The van der Waals surface area contributed by atoms with Crippen molar-refractivity contribution in [2.45, 2.75) is 20.8 Å². The Kier molecular flexibility index (Phi) is 6.50. The van der Waals surface area contributed by atoms with Gasteiger partial charge in [-0.25, -0.2) is 9.78 Å². The second-order valence-corrected chi connectivity index (χ2v) is 7.86. The molecular formula is C26H26N6O. The van der Waals surface area contributed by atoms with E-state index in [2.05, 4.69) is 31.2 Å². The van der Waals surface area contributed by atoms with Crippen molar-refractivity contribution in [2.24, 2.45) is 0 Å². The van der Waals surface area contributed by atoms with E-state index in [9.17, 15) is 4.79 Å². The number of hydrogen-bond acceptors (Lipinski definition) is 5. The zero-order valence-electron chi connectivity index (χ0n) is 18.8. The van der Waals surface area contributed by atoms with Crippen molar-refractivity contribution >= 4 is 40.5 Å². The van der Waals surface area contributed by atoms with Gasteiger partial charge in [-0.1, -0.05) is 35.4 Å². The van der Waals surface area contributed by atoms with Gasteiger partial charge < -0.3 is 21.3 Å². The van der Waals surface area contributed by atoms with Crippen molar-refractivity contribution in [1.29, 1.82) is 0 Å². The summed E-state index contributed by atoms with van der Waals surface area (Å²) < 4.78 is 0. The Labute approximate surface area is 193 Å². The maximum absolute atomic E-state index is 12.2. The minimum absolute atomic E-state index is 0.294. The van der Waals surface area contributed by atoms with Crippen LogP contribution in [0.25, 0.3) is 0 Å². The summed E-state index contributed by atoms with van der Waals surface area (Å²) in [6.07, 6.45) is 0. The highest BCUT2D eigenvalue weighted by molar-refractivity contribution is 5.99. The summed E-state index contributed by atoms with van der Waals surface area (Å²) >= 11 is 0. The van der Waals surface area contributed by atoms with Crippen molar-refractivity contribution in [3.8, 4) is 0 Å². The van der Waals surface area contributed by atoms with Gasteiger partial charge in [0.25, 0.3) is 0 Å². The van der Waals surface area contributed by atoms with Crippen LogP contribution in [-0.4, -0.2) is 16.0 Å². The average molecular weight is 439 g/mol. The van der Waals surface area contributed by atoms with Crippen LogP contribution >= 0.6 is 0 Å². The van der Waals surface area contributed by atoms with E-state index in [0.29, 0.717) is 17.5 Å². The maximum atomic E-state index is 12.2. The Morgan fingerprint density at radius 1 is 0.606 bits per heavy atom. The van der Waals surface area contributed by atoms with Crippen molar-refractivity contribution in [2.75, 3.05) is 21.3 Å². The van der Waals surface area contributed by atoms with Gasteiger partial charge in [0.05, 0.1) is 0 Å². The van der Waals surface area contributed by atoms with Crippen molar-refractivity contribution < 1.29 is 4.79 Å². The standard InChI is InChI=1S/C26H26N6O/c1-17-4-8-21(9-5-17)29-25-27-19(3)16-24(32-25)28-20-12-14-23(15-13-20)31-26(33)30-22-10-6-18(2)7-11-22/h4-16H,1-3H3,(H2,30,31,33)(H2,27,28,29,32). The second kappa shape index (κ2) is 9.82. The number of urea groups is 1. The van der Waals surface area contributed by atoms with Crippen LogP contribution in [0.15, 0.2) is 78.9 Å². The van der Waals surface area contributed by atoms with Crippen LogP contribution in [0.4, 0.5) is 39.3 Å². The molecule has 0 atom stereocenters. The molecule has 7 nitrogen and oxygen atoms in total. The summed E-state index contributed by atoms with van der Waals surface area (Å²) in [7, 11) is 0. The van der Waals surface area contributed by atoms with Crippen LogP contribution in [0, 0.1) is 20.8 Å². The Morgan fingerprint density at radius 3 is 1.64 bits per heavy atom. The van der Waals surface area contributed by atoms with E-state index in [1.165, 1.54) is 5.56 Å². The molecule has 0 bridgehead atoms. The molecule has 7 heteroatoms. The van der Waals surface area contributed by atoms with Gasteiger partial charge >= 0.3 is 6.03 Å². The number of rotatable bonds is 6. The fraction of sp³-hybridized carbons (Fsp3) is 0.115. The molecule has 3 aromatic carbocycles. The molecular weight excluding hydrogens is 412 g/mol. The van der Waals surface area contributed by atoms with Gasteiger partial charge in [-0.15, -0.1) is 0 Å². The van der Waals surface area contributed by atoms with Crippen molar-refractivity contribution in [3.63, 3.8) is 0 Å². The fourth-order valence-electron chi connectivity index (χ4n) is 3.17. The molecule has 0 radical (unpaired) electrons. The maximum Gasteiger partial charge on any atom is 0.323 e. The zero-order chi connectivity index (χ0) is 23.2. The Morgan fingerprint density at radius 2 is 1.06 bits per heavy atom. The van der Waals surface area contributed by atoms with E-state index in [1.807, 2.05) is 99.6 Å². The molecule has 0 fully saturated rings. The van der Waals surface area contributed by atoms with Crippen LogP contribution in [0.3, 0.4) is 0 Å². The third kappa shape index (κ3) is 6.30. The summed E-state index contributed by atoms with van der Waals surface area (Å²) in [6.45, 7) is 5.97. The Bertz CT molecular complexity index is 1240. The highest BCUT2D eigenvalue weighted by Crippen LogP contribution is 2.21. The predicted molar refractivity (Wildman–Crippen MR) is 135 cm³/mol. The molecule has 1 aromatic heterocycles. The van der Waals surface area contributed by atoms with Gasteiger partial charge in [0.2, 0.25) is 5.95 Å². The van der Waals surface area contributed by atoms with E-state index in [1.54, 1.807) is 0 Å². The molecule has 0 spiro atoms. The number of anilines is 6. The van der Waals surface area contributed by atoms with E-state index in [-0.39, 0.29) is 6.03 Å². The summed E-state index contributed by atoms with van der Waals surface area (Å²) in [5.41, 5.74) is 6.37. The minimum Gasteiger partial charge on any atom is -0.340 e. The summed E-state index contributed by atoms with van der Waals surface area (Å²) in [6, 6.07) is 24.7. The predicted octanol–water partition coefficient (Wildman–Crippen LogP) is 6.53. The molecule has 4 N–H and O–H groups in total. The van der Waals surface area contributed by atoms with Gasteiger partial charge in [-0.3, -0.25) is 0 Å². The molecule has 166 valence electrons. The quantitative estimate of drug-likeness (QED) is 0.275. The molecule has 0 saturated heterocycles. The number of nitrogens with zero attached hydrogens (tertiary/aromatic N) is 2. The van der Waals surface area contributed by atoms with Crippen LogP contribution in [0.1, 0.15) is 16.8 Å². The molecule has 2 amide bonds. The summed E-state index contributed by atoms with van der Waals surface area (Å²) in [5, 5.41) is 12.2. The van der Waals surface area contributed by atoms with Crippen molar-refractivity contribution in [1.82, 2.24) is 9.97 Å². The second-order valence-electron chi connectivity index (χ2n) is 7.86. The lowest BCUT2D eigenvalue weighted by atomic mass is 10.2. The third-order valence-corrected chi connectivity index (χ3v) is 4.89. The number of carbonyl (C=O) groups is 1. The van der Waals surface area contributed by atoms with E-state index in [4.69, 9.17) is 0 Å². The number of hydrogen-bond donors (Lipinski definition) is 4. The van der Waals surface area contributed by atoms with E-state index in [0.717, 1.165) is 28.3 Å². The first-order chi connectivity index (χ1) is 15.9. The third-order valence-electron chi connectivity index (χ3n) is 4.89. The molecule has 0 saturated carbocycles. The van der Waals surface area contributed by atoms with Crippen LogP contribution in [-0.2, 0) is 0 Å². The first-order valence-corrected chi connectivity index (χ1v) is 10.6. The van der Waals surface area contributed by atoms with E-state index >= 15 is 0 Å². The molecule has 0 aliphatic heterocycles. The molecule has 4 rings (SSSR count). The number of benzene rings is 3. The molecule has 0 unspecified atom stereocenters. The Balaban J connectivity index is 1.38. The smallest absolute Gasteiger partial charge is 0.323 e. The molecule has 1 heterocycles. The van der Waals surface area contributed by atoms with Gasteiger partial charge in [-0.05, 0) is 69.3 Å². The lowest BCUT2D eigenvalue weighted by molar-refractivity contribution is 0.262. The topological polar surface area (TPSA) is 91.0 Å². The van der Waals surface area contributed by atoms with Crippen LogP contribution in [0.5, 0.6) is 0 Å².